The number of carbonyl (C=O) groups is 1. The van der Waals surface area contributed by atoms with E-state index in [9.17, 15) is 14.4 Å². The number of carbonyl (C=O) groups excluding carboxylic acids is 1. The van der Waals surface area contributed by atoms with Gasteiger partial charge in [0.2, 0.25) is 0 Å². The predicted molar refractivity (Wildman–Crippen MR) is 113 cm³/mol. The number of fused-ring (bicyclic) bond motifs is 1. The van der Waals surface area contributed by atoms with Gasteiger partial charge in [-0.15, -0.1) is 0 Å². The molecule has 8 heteroatoms. The van der Waals surface area contributed by atoms with Crippen LogP contribution < -0.4 is 20.7 Å². The van der Waals surface area contributed by atoms with Gasteiger partial charge in [-0.2, -0.15) is 0 Å². The third-order valence-corrected chi connectivity index (χ3v) is 4.48. The van der Waals surface area contributed by atoms with E-state index in [-0.39, 0.29) is 18.7 Å². The molecule has 0 radical (unpaired) electrons. The molecule has 2 aromatic carbocycles. The number of nitrogens with one attached hydrogen (secondary N) is 1. The van der Waals surface area contributed by atoms with Crippen molar-refractivity contribution in [3.63, 3.8) is 0 Å². The van der Waals surface area contributed by atoms with Crippen molar-refractivity contribution in [2.75, 3.05) is 20.8 Å². The average Bonchev–Trinajstić information content (AvgIpc) is 2.76. The minimum atomic E-state index is -0.524. The van der Waals surface area contributed by atoms with Gasteiger partial charge in [0.1, 0.15) is 0 Å². The van der Waals surface area contributed by atoms with E-state index >= 15 is 0 Å². The molecule has 0 saturated carbocycles. The maximum absolute atomic E-state index is 12.4. The van der Waals surface area contributed by atoms with Crippen molar-refractivity contribution in [2.24, 2.45) is 0 Å². The number of rotatable bonds is 8. The molecule has 3 rings (SSSR count). The van der Waals surface area contributed by atoms with Gasteiger partial charge in [0, 0.05) is 12.6 Å². The molecule has 1 aromatic heterocycles. The highest BCUT2D eigenvalue weighted by Gasteiger charge is 2.07. The largest absolute Gasteiger partial charge is 0.493 e. The monoisotopic (exact) mass is 410 g/mol. The van der Waals surface area contributed by atoms with E-state index in [4.69, 9.17) is 14.2 Å². The molecule has 0 atom stereocenters. The van der Waals surface area contributed by atoms with Crippen LogP contribution in [0, 0.1) is 0 Å². The summed E-state index contributed by atoms with van der Waals surface area (Å²) in [6.07, 6.45) is 3.23. The summed E-state index contributed by atoms with van der Waals surface area (Å²) in [4.78, 5) is 39.1. The average molecular weight is 410 g/mol. The first-order valence-electron chi connectivity index (χ1n) is 9.32. The van der Waals surface area contributed by atoms with Crippen molar-refractivity contribution in [1.29, 1.82) is 0 Å². The number of ether oxygens (including phenoxy) is 3. The number of aromatic amines is 1. The number of hydrogen-bond donors (Lipinski definition) is 1. The molecular formula is C22H22N2O6. The summed E-state index contributed by atoms with van der Waals surface area (Å²) in [6, 6.07) is 12.1. The Labute approximate surface area is 172 Å². The fourth-order valence-electron chi connectivity index (χ4n) is 2.97. The van der Waals surface area contributed by atoms with Gasteiger partial charge < -0.3 is 19.2 Å². The van der Waals surface area contributed by atoms with Crippen LogP contribution in [0.5, 0.6) is 11.5 Å². The molecule has 1 N–H and O–H groups in total. The van der Waals surface area contributed by atoms with Gasteiger partial charge in [-0.05, 0) is 42.3 Å². The minimum absolute atomic E-state index is 0.0772. The highest BCUT2D eigenvalue weighted by Crippen LogP contribution is 2.27. The van der Waals surface area contributed by atoms with Crippen LogP contribution in [-0.4, -0.2) is 36.3 Å². The SMILES string of the molecule is COc1ccc(/C=C/C(=O)OCCCn2c(=O)[nH]c3ccccc3c2=O)cc1OC. The van der Waals surface area contributed by atoms with Crippen LogP contribution in [0.4, 0.5) is 0 Å². The Kier molecular flexibility index (Phi) is 6.69. The van der Waals surface area contributed by atoms with Crippen molar-refractivity contribution in [3.8, 4) is 11.5 Å². The maximum Gasteiger partial charge on any atom is 0.330 e. The van der Waals surface area contributed by atoms with Crippen LogP contribution in [-0.2, 0) is 16.1 Å². The van der Waals surface area contributed by atoms with Gasteiger partial charge in [-0.3, -0.25) is 9.36 Å². The van der Waals surface area contributed by atoms with Crippen LogP contribution in [0.3, 0.4) is 0 Å². The molecule has 3 aromatic rings. The van der Waals surface area contributed by atoms with Gasteiger partial charge in [-0.1, -0.05) is 18.2 Å². The number of benzene rings is 2. The van der Waals surface area contributed by atoms with Gasteiger partial charge in [-0.25, -0.2) is 9.59 Å². The molecule has 0 saturated heterocycles. The predicted octanol–water partition coefficient (Wildman–Crippen LogP) is 2.35. The van der Waals surface area contributed by atoms with E-state index in [1.807, 2.05) is 0 Å². The molecule has 1 heterocycles. The summed E-state index contributed by atoms with van der Waals surface area (Å²) < 4.78 is 16.6. The third kappa shape index (κ3) is 4.78. The van der Waals surface area contributed by atoms with Crippen molar-refractivity contribution in [2.45, 2.75) is 13.0 Å². The first-order valence-corrected chi connectivity index (χ1v) is 9.32. The quantitative estimate of drug-likeness (QED) is 0.348. The van der Waals surface area contributed by atoms with Gasteiger partial charge >= 0.3 is 11.7 Å². The lowest BCUT2D eigenvalue weighted by molar-refractivity contribution is -0.137. The molecule has 0 unspecified atom stereocenters. The molecule has 0 amide bonds. The Bertz CT molecular complexity index is 1190. The highest BCUT2D eigenvalue weighted by atomic mass is 16.5. The summed E-state index contributed by atoms with van der Waals surface area (Å²) >= 11 is 0. The fourth-order valence-corrected chi connectivity index (χ4v) is 2.97. The second kappa shape index (κ2) is 9.60. The minimum Gasteiger partial charge on any atom is -0.493 e. The van der Waals surface area contributed by atoms with Crippen molar-refractivity contribution < 1.29 is 19.0 Å². The van der Waals surface area contributed by atoms with E-state index in [0.29, 0.717) is 28.8 Å². The Hall–Kier alpha value is -3.81. The summed E-state index contributed by atoms with van der Waals surface area (Å²) in [5, 5.41) is 0.437. The van der Waals surface area contributed by atoms with Gasteiger partial charge in [0.25, 0.3) is 5.56 Å². The third-order valence-electron chi connectivity index (χ3n) is 4.48. The molecule has 0 spiro atoms. The van der Waals surface area contributed by atoms with Crippen LogP contribution >= 0.6 is 0 Å². The van der Waals surface area contributed by atoms with Crippen LogP contribution in [0.2, 0.25) is 0 Å². The number of H-pyrrole nitrogens is 1. The summed E-state index contributed by atoms with van der Waals surface area (Å²) in [5.74, 6) is 0.625. The Morgan fingerprint density at radius 1 is 1.07 bits per heavy atom. The molecule has 0 aliphatic carbocycles. The number of nitrogens with zero attached hydrogens (tertiary/aromatic N) is 1. The molecule has 156 valence electrons. The lowest BCUT2D eigenvalue weighted by Gasteiger charge is -2.08. The number of methoxy groups -OCH3 is 2. The van der Waals surface area contributed by atoms with Crippen molar-refractivity contribution >= 4 is 22.9 Å². The molecule has 0 aliphatic heterocycles. The normalized spacial score (nSPS) is 11.0. The highest BCUT2D eigenvalue weighted by molar-refractivity contribution is 5.87. The first kappa shape index (κ1) is 20.9. The Morgan fingerprint density at radius 3 is 2.60 bits per heavy atom. The maximum atomic E-state index is 12.4. The zero-order valence-electron chi connectivity index (χ0n) is 16.7. The molecule has 0 aliphatic rings. The molecule has 0 bridgehead atoms. The van der Waals surface area contributed by atoms with E-state index in [1.165, 1.54) is 13.2 Å². The molecule has 30 heavy (non-hydrogen) atoms. The van der Waals surface area contributed by atoms with E-state index < -0.39 is 11.7 Å². The van der Waals surface area contributed by atoms with E-state index in [0.717, 1.165) is 10.1 Å². The molecule has 8 nitrogen and oxygen atoms in total. The molecule has 0 fully saturated rings. The van der Waals surface area contributed by atoms with Gasteiger partial charge in [0.05, 0.1) is 31.7 Å². The van der Waals surface area contributed by atoms with Crippen LogP contribution in [0.15, 0.2) is 58.1 Å². The summed E-state index contributed by atoms with van der Waals surface area (Å²) in [7, 11) is 3.08. The smallest absolute Gasteiger partial charge is 0.330 e. The lowest BCUT2D eigenvalue weighted by atomic mass is 10.2. The zero-order valence-corrected chi connectivity index (χ0v) is 16.7. The second-order valence-corrected chi connectivity index (χ2v) is 6.40. The molecular weight excluding hydrogens is 388 g/mol. The second-order valence-electron chi connectivity index (χ2n) is 6.40. The zero-order chi connectivity index (χ0) is 21.5. The number of hydrogen-bond acceptors (Lipinski definition) is 6. The van der Waals surface area contributed by atoms with Crippen molar-refractivity contribution in [3.05, 3.63) is 74.9 Å². The number of esters is 1. The standard InChI is InChI=1S/C22H22N2O6/c1-28-18-10-8-15(14-19(18)29-2)9-11-20(25)30-13-5-12-24-21(26)16-6-3-4-7-17(16)23-22(24)27/h3-4,6-11,14H,5,12-13H2,1-2H3,(H,23,27)/b11-9+. The van der Waals surface area contributed by atoms with Crippen LogP contribution in [0.25, 0.3) is 17.0 Å². The lowest BCUT2D eigenvalue weighted by Crippen LogP contribution is -2.35. The summed E-state index contributed by atoms with van der Waals surface area (Å²) in [5.41, 5.74) is 0.390. The van der Waals surface area contributed by atoms with Gasteiger partial charge in [0.15, 0.2) is 11.5 Å². The van der Waals surface area contributed by atoms with Crippen LogP contribution in [0.1, 0.15) is 12.0 Å². The fraction of sp³-hybridized carbons (Fsp3) is 0.227. The number of aromatic nitrogens is 2. The first-order chi connectivity index (χ1) is 14.5. The number of para-hydroxylation sites is 1. The Balaban J connectivity index is 1.55. The Morgan fingerprint density at radius 2 is 1.83 bits per heavy atom. The summed E-state index contributed by atoms with van der Waals surface area (Å²) in [6.45, 7) is 0.222. The van der Waals surface area contributed by atoms with Crippen molar-refractivity contribution in [1.82, 2.24) is 9.55 Å². The van der Waals surface area contributed by atoms with E-state index in [1.54, 1.807) is 55.7 Å². The van der Waals surface area contributed by atoms with E-state index in [2.05, 4.69) is 4.98 Å². The topological polar surface area (TPSA) is 99.6 Å².